The van der Waals surface area contributed by atoms with Crippen LogP contribution in [0.4, 0.5) is 0 Å². The molecular weight excluding hydrogens is 320 g/mol. The molecule has 0 aliphatic rings. The molecule has 0 saturated heterocycles. The minimum atomic E-state index is -0.234. The van der Waals surface area contributed by atoms with Crippen LogP contribution in [0.15, 0.2) is 72.3 Å². The first-order valence-corrected chi connectivity index (χ1v) is 8.92. The average molecular weight is 344 g/mol. The molecule has 3 aromatic rings. The molecule has 0 aliphatic heterocycles. The monoisotopic (exact) mass is 344 g/mol. The van der Waals surface area contributed by atoms with Gasteiger partial charge >= 0.3 is 5.97 Å². The second-order valence-corrected chi connectivity index (χ2v) is 6.93. The summed E-state index contributed by atoms with van der Waals surface area (Å²) in [7, 11) is 0. The van der Waals surface area contributed by atoms with Gasteiger partial charge in [0.05, 0.1) is 6.42 Å². The third kappa shape index (κ3) is 4.60. The summed E-state index contributed by atoms with van der Waals surface area (Å²) in [6.45, 7) is 6.19. The number of carbonyl (C=O) groups is 1. The lowest BCUT2D eigenvalue weighted by Crippen LogP contribution is -2.12. The quantitative estimate of drug-likeness (QED) is 0.332. The third-order valence-corrected chi connectivity index (χ3v) is 4.33. The topological polar surface area (TPSA) is 26.3 Å². The van der Waals surface area contributed by atoms with Gasteiger partial charge in [-0.1, -0.05) is 71.8 Å². The van der Waals surface area contributed by atoms with Crippen LogP contribution >= 0.6 is 0 Å². The lowest BCUT2D eigenvalue weighted by molar-refractivity contribution is -0.133. The highest BCUT2D eigenvalue weighted by atomic mass is 16.5. The second-order valence-electron chi connectivity index (χ2n) is 6.93. The first kappa shape index (κ1) is 17.9. The SMILES string of the molecule is CC(C)=CCc1cc(C)ccc1OC(=O)Cc1ccc2ccccc2c1. The van der Waals surface area contributed by atoms with E-state index in [2.05, 4.69) is 44.2 Å². The van der Waals surface area contributed by atoms with Gasteiger partial charge in [-0.2, -0.15) is 0 Å². The number of hydrogen-bond donors (Lipinski definition) is 0. The van der Waals surface area contributed by atoms with Crippen molar-refractivity contribution in [2.24, 2.45) is 0 Å². The minimum Gasteiger partial charge on any atom is -0.426 e. The Balaban J connectivity index is 1.75. The number of benzene rings is 3. The molecule has 2 nitrogen and oxygen atoms in total. The van der Waals surface area contributed by atoms with E-state index >= 15 is 0 Å². The Bertz CT molecular complexity index is 963. The van der Waals surface area contributed by atoms with Crippen molar-refractivity contribution in [1.82, 2.24) is 0 Å². The molecule has 0 unspecified atom stereocenters. The van der Waals surface area contributed by atoms with Crippen LogP contribution in [0.3, 0.4) is 0 Å². The molecule has 2 heteroatoms. The molecule has 0 heterocycles. The van der Waals surface area contributed by atoms with Crippen molar-refractivity contribution in [2.75, 3.05) is 0 Å². The normalized spacial score (nSPS) is 10.6. The predicted molar refractivity (Wildman–Crippen MR) is 108 cm³/mol. The van der Waals surface area contributed by atoms with Gasteiger partial charge in [0.25, 0.3) is 0 Å². The van der Waals surface area contributed by atoms with E-state index in [1.807, 2.05) is 43.3 Å². The van der Waals surface area contributed by atoms with Crippen molar-refractivity contribution in [2.45, 2.75) is 33.6 Å². The van der Waals surface area contributed by atoms with Gasteiger partial charge in [0.1, 0.15) is 5.75 Å². The molecule has 3 aromatic carbocycles. The number of aryl methyl sites for hydroxylation is 1. The van der Waals surface area contributed by atoms with Crippen molar-refractivity contribution in [1.29, 1.82) is 0 Å². The van der Waals surface area contributed by atoms with Crippen LogP contribution in [0.1, 0.15) is 30.5 Å². The summed E-state index contributed by atoms with van der Waals surface area (Å²) in [5.41, 5.74) is 4.42. The highest BCUT2D eigenvalue weighted by Gasteiger charge is 2.11. The molecule has 0 saturated carbocycles. The van der Waals surface area contributed by atoms with E-state index in [4.69, 9.17) is 4.74 Å². The Morgan fingerprint density at radius 1 is 0.962 bits per heavy atom. The molecule has 0 atom stereocenters. The van der Waals surface area contributed by atoms with Gasteiger partial charge in [-0.25, -0.2) is 0 Å². The molecular formula is C24H24O2. The largest absolute Gasteiger partial charge is 0.426 e. The molecule has 0 N–H and O–H groups in total. The maximum atomic E-state index is 12.5. The smallest absolute Gasteiger partial charge is 0.315 e. The number of ether oxygens (including phenoxy) is 1. The van der Waals surface area contributed by atoms with Gasteiger partial charge in [0, 0.05) is 0 Å². The summed E-state index contributed by atoms with van der Waals surface area (Å²) in [5.74, 6) is 0.418. The maximum Gasteiger partial charge on any atom is 0.315 e. The molecule has 0 aromatic heterocycles. The predicted octanol–water partition coefficient (Wildman–Crippen LogP) is 5.81. The van der Waals surface area contributed by atoms with E-state index < -0.39 is 0 Å². The second kappa shape index (κ2) is 8.01. The van der Waals surface area contributed by atoms with Crippen LogP contribution in [0.2, 0.25) is 0 Å². The molecule has 0 amide bonds. The minimum absolute atomic E-state index is 0.234. The molecule has 0 spiro atoms. The Kier molecular flexibility index (Phi) is 5.52. The third-order valence-electron chi connectivity index (χ3n) is 4.33. The first-order valence-electron chi connectivity index (χ1n) is 8.92. The maximum absolute atomic E-state index is 12.5. The molecule has 26 heavy (non-hydrogen) atoms. The van der Waals surface area contributed by atoms with Crippen molar-refractivity contribution in [3.8, 4) is 5.75 Å². The summed E-state index contributed by atoms with van der Waals surface area (Å²) >= 11 is 0. The molecule has 0 fully saturated rings. The van der Waals surface area contributed by atoms with Gasteiger partial charge in [0.15, 0.2) is 0 Å². The highest BCUT2D eigenvalue weighted by Crippen LogP contribution is 2.23. The van der Waals surface area contributed by atoms with Crippen LogP contribution < -0.4 is 4.74 Å². The Hall–Kier alpha value is -2.87. The molecule has 132 valence electrons. The molecule has 3 rings (SSSR count). The Labute approximate surface area is 155 Å². The highest BCUT2D eigenvalue weighted by molar-refractivity contribution is 5.84. The fraction of sp³-hybridized carbons (Fsp3) is 0.208. The van der Waals surface area contributed by atoms with Gasteiger partial charge < -0.3 is 4.74 Å². The van der Waals surface area contributed by atoms with Gasteiger partial charge in [-0.3, -0.25) is 4.79 Å². The number of hydrogen-bond acceptors (Lipinski definition) is 2. The van der Waals surface area contributed by atoms with Crippen LogP contribution in [-0.2, 0) is 17.6 Å². The number of esters is 1. The lowest BCUT2D eigenvalue weighted by Gasteiger charge is -2.11. The fourth-order valence-corrected chi connectivity index (χ4v) is 2.96. The summed E-state index contributed by atoms with van der Waals surface area (Å²) in [6, 6.07) is 20.2. The van der Waals surface area contributed by atoms with Crippen molar-refractivity contribution < 1.29 is 9.53 Å². The number of allylic oxidation sites excluding steroid dienone is 2. The van der Waals surface area contributed by atoms with Crippen molar-refractivity contribution in [3.63, 3.8) is 0 Å². The van der Waals surface area contributed by atoms with E-state index in [0.29, 0.717) is 5.75 Å². The zero-order chi connectivity index (χ0) is 18.5. The van der Waals surface area contributed by atoms with Crippen LogP contribution in [0, 0.1) is 6.92 Å². The summed E-state index contributed by atoms with van der Waals surface area (Å²) in [5, 5.41) is 2.31. The standard InChI is InChI=1S/C24H24O2/c1-17(2)8-11-22-14-18(3)9-13-23(22)26-24(25)16-19-10-12-20-6-4-5-7-21(20)15-19/h4-10,12-15H,11,16H2,1-3H3. The first-order chi connectivity index (χ1) is 12.5. The molecule has 0 radical (unpaired) electrons. The van der Waals surface area contributed by atoms with E-state index in [0.717, 1.165) is 28.5 Å². The van der Waals surface area contributed by atoms with Crippen LogP contribution in [0.25, 0.3) is 10.8 Å². The molecule has 0 aliphatic carbocycles. The zero-order valence-electron chi connectivity index (χ0n) is 15.6. The zero-order valence-corrected chi connectivity index (χ0v) is 15.6. The van der Waals surface area contributed by atoms with Crippen molar-refractivity contribution >= 4 is 16.7 Å². The van der Waals surface area contributed by atoms with E-state index in [-0.39, 0.29) is 12.4 Å². The van der Waals surface area contributed by atoms with E-state index in [1.54, 1.807) is 0 Å². The summed E-state index contributed by atoms with van der Waals surface area (Å²) in [6.07, 6.45) is 3.18. The van der Waals surface area contributed by atoms with Crippen LogP contribution in [0.5, 0.6) is 5.75 Å². The Morgan fingerprint density at radius 3 is 2.50 bits per heavy atom. The average Bonchev–Trinajstić information content (AvgIpc) is 2.61. The van der Waals surface area contributed by atoms with Crippen molar-refractivity contribution in [3.05, 3.63) is 89.0 Å². The number of fused-ring (bicyclic) bond motifs is 1. The summed E-state index contributed by atoms with van der Waals surface area (Å²) in [4.78, 5) is 12.5. The lowest BCUT2D eigenvalue weighted by atomic mass is 10.0. The number of carbonyl (C=O) groups excluding carboxylic acids is 1. The number of rotatable bonds is 5. The fourth-order valence-electron chi connectivity index (χ4n) is 2.96. The van der Waals surface area contributed by atoms with Gasteiger partial charge in [-0.05, 0) is 55.2 Å². The van der Waals surface area contributed by atoms with Crippen LogP contribution in [-0.4, -0.2) is 5.97 Å². The van der Waals surface area contributed by atoms with E-state index in [1.165, 1.54) is 11.0 Å². The van der Waals surface area contributed by atoms with Gasteiger partial charge in [-0.15, -0.1) is 0 Å². The Morgan fingerprint density at radius 2 is 1.73 bits per heavy atom. The van der Waals surface area contributed by atoms with Gasteiger partial charge in [0.2, 0.25) is 0 Å². The summed E-state index contributed by atoms with van der Waals surface area (Å²) < 4.78 is 5.68. The van der Waals surface area contributed by atoms with E-state index in [9.17, 15) is 4.79 Å². The molecule has 0 bridgehead atoms.